The normalized spacial score (nSPS) is 11.1. The monoisotopic (exact) mass is 476 g/mol. The van der Waals surface area contributed by atoms with E-state index < -0.39 is 0 Å². The van der Waals surface area contributed by atoms with E-state index in [1.165, 1.54) is 17.5 Å². The van der Waals surface area contributed by atoms with Crippen molar-refractivity contribution < 1.29 is 0 Å². The summed E-state index contributed by atoms with van der Waals surface area (Å²) >= 11 is 0. The molecule has 0 saturated carbocycles. The zero-order chi connectivity index (χ0) is 18.4. The lowest BCUT2D eigenvalue weighted by molar-refractivity contribution is 0.877. The fourth-order valence-electron chi connectivity index (χ4n) is 2.84. The zero-order valence-corrected chi connectivity index (χ0v) is 17.9. The summed E-state index contributed by atoms with van der Waals surface area (Å²) in [5.74, 6) is 0.431. The first-order chi connectivity index (χ1) is 12.7. The Balaban J connectivity index is 0.00000261. The molecule has 0 bridgehead atoms. The van der Waals surface area contributed by atoms with Gasteiger partial charge in [-0.15, -0.1) is 24.0 Å². The van der Waals surface area contributed by atoms with Crippen molar-refractivity contribution in [3.63, 3.8) is 0 Å². The quantitative estimate of drug-likeness (QED) is 0.321. The van der Waals surface area contributed by atoms with Crippen LogP contribution < -0.4 is 11.1 Å². The summed E-state index contributed by atoms with van der Waals surface area (Å²) < 4.78 is 1.72. The van der Waals surface area contributed by atoms with E-state index in [-0.39, 0.29) is 24.0 Å². The van der Waals surface area contributed by atoms with Crippen LogP contribution in [0, 0.1) is 0 Å². The van der Waals surface area contributed by atoms with Crippen LogP contribution in [0.1, 0.15) is 30.5 Å². The molecule has 142 valence electrons. The highest BCUT2D eigenvalue weighted by Crippen LogP contribution is 2.22. The van der Waals surface area contributed by atoms with Gasteiger partial charge < -0.3 is 11.1 Å². The van der Waals surface area contributed by atoms with Crippen molar-refractivity contribution in [2.75, 3.05) is 5.32 Å². The van der Waals surface area contributed by atoms with E-state index in [9.17, 15) is 0 Å². The van der Waals surface area contributed by atoms with Crippen molar-refractivity contribution in [1.29, 1.82) is 0 Å². The molecule has 0 saturated heterocycles. The summed E-state index contributed by atoms with van der Waals surface area (Å²) in [5.41, 5.74) is 11.8. The van der Waals surface area contributed by atoms with Crippen LogP contribution in [0.25, 0.3) is 5.69 Å². The Labute approximate surface area is 176 Å². The summed E-state index contributed by atoms with van der Waals surface area (Å²) in [6.45, 7) is 4.81. The summed E-state index contributed by atoms with van der Waals surface area (Å²) in [5, 5.41) is 7.41. The number of benzene rings is 2. The standard InChI is InChI=1S/C20H24N6.HI/c1-3-16-6-5-7-17(4-2)19(16)25-20(21)23-12-15-8-10-18(11-9-15)26-14-22-13-24-26;/h5-11,13-14H,3-4,12H2,1-2H3,(H3,21,23,25);1H. The third-order valence-electron chi connectivity index (χ3n) is 4.30. The number of anilines is 1. The third kappa shape index (κ3) is 5.29. The molecule has 27 heavy (non-hydrogen) atoms. The molecule has 3 N–H and O–H groups in total. The van der Waals surface area contributed by atoms with Gasteiger partial charge in [0.25, 0.3) is 0 Å². The molecule has 0 fully saturated rings. The van der Waals surface area contributed by atoms with Crippen LogP contribution in [0.2, 0.25) is 0 Å². The van der Waals surface area contributed by atoms with Gasteiger partial charge in [0.05, 0.1) is 12.2 Å². The van der Waals surface area contributed by atoms with Gasteiger partial charge in [0.15, 0.2) is 5.96 Å². The maximum absolute atomic E-state index is 6.12. The molecule has 0 atom stereocenters. The number of guanidine groups is 1. The SMILES string of the molecule is CCc1cccc(CC)c1NC(N)=NCc1ccc(-n2cncn2)cc1.I. The lowest BCUT2D eigenvalue weighted by Gasteiger charge is -2.14. The Kier molecular flexibility index (Phi) is 7.78. The minimum Gasteiger partial charge on any atom is -0.370 e. The molecule has 1 heterocycles. The smallest absolute Gasteiger partial charge is 0.193 e. The summed E-state index contributed by atoms with van der Waals surface area (Å²) in [4.78, 5) is 8.44. The predicted molar refractivity (Wildman–Crippen MR) is 121 cm³/mol. The fourth-order valence-corrected chi connectivity index (χ4v) is 2.84. The molecule has 0 aliphatic heterocycles. The molecule has 0 aliphatic carbocycles. The lowest BCUT2D eigenvalue weighted by Crippen LogP contribution is -2.24. The number of nitrogens with one attached hydrogen (secondary N) is 1. The van der Waals surface area contributed by atoms with Crippen molar-refractivity contribution >= 4 is 35.6 Å². The van der Waals surface area contributed by atoms with Gasteiger partial charge in [0, 0.05) is 5.69 Å². The van der Waals surface area contributed by atoms with E-state index in [1.54, 1.807) is 11.0 Å². The van der Waals surface area contributed by atoms with E-state index >= 15 is 0 Å². The first kappa shape index (κ1) is 20.9. The molecule has 6 nitrogen and oxygen atoms in total. The second-order valence-electron chi connectivity index (χ2n) is 5.99. The number of para-hydroxylation sites is 1. The van der Waals surface area contributed by atoms with E-state index in [0.29, 0.717) is 12.5 Å². The molecule has 3 rings (SSSR count). The van der Waals surface area contributed by atoms with Gasteiger partial charge in [-0.2, -0.15) is 5.10 Å². The Morgan fingerprint density at radius 2 is 1.74 bits per heavy atom. The number of aromatic nitrogens is 3. The number of hydrogen-bond donors (Lipinski definition) is 2. The molecule has 0 aliphatic rings. The Hall–Kier alpha value is -2.42. The average Bonchev–Trinajstić information content (AvgIpc) is 3.21. The van der Waals surface area contributed by atoms with Gasteiger partial charge in [-0.05, 0) is 41.7 Å². The highest BCUT2D eigenvalue weighted by Gasteiger charge is 2.07. The van der Waals surface area contributed by atoms with Crippen molar-refractivity contribution in [2.45, 2.75) is 33.2 Å². The van der Waals surface area contributed by atoms with Crippen LogP contribution in [-0.4, -0.2) is 20.7 Å². The van der Waals surface area contributed by atoms with Crippen LogP contribution in [0.15, 0.2) is 60.1 Å². The number of aryl methyl sites for hydroxylation is 2. The number of nitrogens with two attached hydrogens (primary N) is 1. The molecule has 3 aromatic rings. The first-order valence-corrected chi connectivity index (χ1v) is 8.83. The zero-order valence-electron chi connectivity index (χ0n) is 15.6. The Morgan fingerprint density at radius 3 is 2.30 bits per heavy atom. The van der Waals surface area contributed by atoms with Crippen molar-refractivity contribution in [3.8, 4) is 5.69 Å². The number of hydrogen-bond acceptors (Lipinski definition) is 3. The number of aliphatic imine (C=N–C) groups is 1. The first-order valence-electron chi connectivity index (χ1n) is 8.83. The summed E-state index contributed by atoms with van der Waals surface area (Å²) in [7, 11) is 0. The van der Waals surface area contributed by atoms with Crippen molar-refractivity contribution in [1.82, 2.24) is 14.8 Å². The van der Waals surface area contributed by atoms with Crippen LogP contribution in [-0.2, 0) is 19.4 Å². The average molecular weight is 476 g/mol. The molecule has 0 spiro atoms. The molecular formula is C20H25IN6. The van der Waals surface area contributed by atoms with Gasteiger partial charge in [-0.1, -0.05) is 44.2 Å². The van der Waals surface area contributed by atoms with Gasteiger partial charge in [0.2, 0.25) is 0 Å². The van der Waals surface area contributed by atoms with Gasteiger partial charge in [-0.3, -0.25) is 0 Å². The maximum atomic E-state index is 6.12. The number of rotatable bonds is 6. The minimum atomic E-state index is 0. The predicted octanol–water partition coefficient (Wildman–Crippen LogP) is 3.94. The van der Waals surface area contributed by atoms with Gasteiger partial charge in [0.1, 0.15) is 12.7 Å². The third-order valence-corrected chi connectivity index (χ3v) is 4.30. The molecule has 0 radical (unpaired) electrons. The second kappa shape index (κ2) is 10.1. The highest BCUT2D eigenvalue weighted by molar-refractivity contribution is 14.0. The largest absolute Gasteiger partial charge is 0.370 e. The topological polar surface area (TPSA) is 81.1 Å². The van der Waals surface area contributed by atoms with E-state index in [2.05, 4.69) is 52.4 Å². The fraction of sp³-hybridized carbons (Fsp3) is 0.250. The minimum absolute atomic E-state index is 0. The lowest BCUT2D eigenvalue weighted by atomic mass is 10.0. The van der Waals surface area contributed by atoms with Gasteiger partial charge in [-0.25, -0.2) is 14.7 Å². The van der Waals surface area contributed by atoms with E-state index in [4.69, 9.17) is 5.73 Å². The van der Waals surface area contributed by atoms with E-state index in [1.807, 2.05) is 24.3 Å². The molecular weight excluding hydrogens is 451 g/mol. The number of halogens is 1. The summed E-state index contributed by atoms with van der Waals surface area (Å²) in [6.07, 6.45) is 5.09. The molecule has 2 aromatic carbocycles. The molecule has 0 unspecified atom stereocenters. The van der Waals surface area contributed by atoms with Crippen LogP contribution in [0.4, 0.5) is 5.69 Å². The van der Waals surface area contributed by atoms with Crippen LogP contribution in [0.5, 0.6) is 0 Å². The number of nitrogens with zero attached hydrogens (tertiary/aromatic N) is 4. The van der Waals surface area contributed by atoms with Crippen LogP contribution in [0.3, 0.4) is 0 Å². The maximum Gasteiger partial charge on any atom is 0.193 e. The highest BCUT2D eigenvalue weighted by atomic mass is 127. The second-order valence-corrected chi connectivity index (χ2v) is 5.99. The van der Waals surface area contributed by atoms with Crippen molar-refractivity contribution in [2.24, 2.45) is 10.7 Å². The molecule has 1 aromatic heterocycles. The molecule has 0 amide bonds. The summed E-state index contributed by atoms with van der Waals surface area (Å²) in [6, 6.07) is 14.4. The molecule has 7 heteroatoms. The van der Waals surface area contributed by atoms with Gasteiger partial charge >= 0.3 is 0 Å². The Morgan fingerprint density at radius 1 is 1.07 bits per heavy atom. The van der Waals surface area contributed by atoms with Crippen molar-refractivity contribution in [3.05, 3.63) is 71.8 Å². The Bertz CT molecular complexity index is 850. The van der Waals surface area contributed by atoms with E-state index in [0.717, 1.165) is 29.8 Å². The van der Waals surface area contributed by atoms with Crippen LogP contribution >= 0.6 is 24.0 Å².